The van der Waals surface area contributed by atoms with Crippen molar-refractivity contribution in [2.24, 2.45) is 0 Å². The van der Waals surface area contributed by atoms with E-state index in [4.69, 9.17) is 21.1 Å². The largest absolute Gasteiger partial charge is 0.482 e. The molecular weight excluding hydrogens is 424 g/mol. The Balaban J connectivity index is 1.76. The van der Waals surface area contributed by atoms with Gasteiger partial charge in [-0.15, -0.1) is 0 Å². The van der Waals surface area contributed by atoms with E-state index in [2.05, 4.69) is 26.8 Å². The Morgan fingerprint density at radius 2 is 1.96 bits per heavy atom. The summed E-state index contributed by atoms with van der Waals surface area (Å²) in [5.74, 6) is -0.0682. The number of aryl methyl sites for hydroxylation is 1. The van der Waals surface area contributed by atoms with Crippen molar-refractivity contribution in [1.82, 2.24) is 10.9 Å². The molecule has 0 radical (unpaired) electrons. The number of carbonyl (C=O) groups is 2. The Morgan fingerprint density at radius 3 is 2.65 bits per heavy atom. The molecule has 2 N–H and O–H groups in total. The minimum atomic E-state index is -0.779. The zero-order chi connectivity index (χ0) is 19.1. The highest BCUT2D eigenvalue weighted by Gasteiger charge is 2.15. The van der Waals surface area contributed by atoms with Crippen molar-refractivity contribution in [1.29, 1.82) is 0 Å². The molecule has 2 aromatic carbocycles. The van der Waals surface area contributed by atoms with E-state index in [-0.39, 0.29) is 6.61 Å². The highest BCUT2D eigenvalue weighted by Crippen LogP contribution is 2.27. The zero-order valence-electron chi connectivity index (χ0n) is 14.2. The Labute approximate surface area is 164 Å². The lowest BCUT2D eigenvalue weighted by Gasteiger charge is -2.15. The van der Waals surface area contributed by atoms with Crippen LogP contribution in [0.2, 0.25) is 5.02 Å². The van der Waals surface area contributed by atoms with E-state index in [1.165, 1.54) is 0 Å². The van der Waals surface area contributed by atoms with Crippen LogP contribution in [0.4, 0.5) is 0 Å². The van der Waals surface area contributed by atoms with Gasteiger partial charge in [0.2, 0.25) is 0 Å². The van der Waals surface area contributed by atoms with E-state index < -0.39 is 17.9 Å². The maximum atomic E-state index is 12.0. The minimum Gasteiger partial charge on any atom is -0.482 e. The molecule has 1 unspecified atom stereocenters. The van der Waals surface area contributed by atoms with Gasteiger partial charge in [-0.25, -0.2) is 0 Å². The lowest BCUT2D eigenvalue weighted by molar-refractivity contribution is -0.133. The minimum absolute atomic E-state index is 0.297. The lowest BCUT2D eigenvalue weighted by Crippen LogP contribution is -2.48. The second-order valence-corrected chi connectivity index (χ2v) is 6.80. The molecule has 8 heteroatoms. The average Bonchev–Trinajstić information content (AvgIpc) is 2.58. The van der Waals surface area contributed by atoms with Crippen molar-refractivity contribution in [3.63, 3.8) is 0 Å². The van der Waals surface area contributed by atoms with Gasteiger partial charge >= 0.3 is 0 Å². The summed E-state index contributed by atoms with van der Waals surface area (Å²) in [6, 6.07) is 12.4. The maximum absolute atomic E-state index is 12.0. The molecule has 0 saturated carbocycles. The van der Waals surface area contributed by atoms with Crippen LogP contribution < -0.4 is 20.3 Å². The third kappa shape index (κ3) is 6.24. The number of rotatable bonds is 6. The number of ether oxygens (including phenoxy) is 2. The molecule has 0 aliphatic rings. The van der Waals surface area contributed by atoms with Crippen molar-refractivity contribution < 1.29 is 19.1 Å². The quantitative estimate of drug-likeness (QED) is 0.674. The highest BCUT2D eigenvalue weighted by molar-refractivity contribution is 9.10. The number of carbonyl (C=O) groups excluding carboxylic acids is 2. The van der Waals surface area contributed by atoms with Crippen molar-refractivity contribution in [3.05, 3.63) is 57.5 Å². The summed E-state index contributed by atoms with van der Waals surface area (Å²) in [5.41, 5.74) is 5.58. The van der Waals surface area contributed by atoms with Crippen molar-refractivity contribution >= 4 is 39.3 Å². The number of hydrazine groups is 1. The molecule has 0 aliphatic heterocycles. The van der Waals surface area contributed by atoms with Gasteiger partial charge in [0.25, 0.3) is 11.8 Å². The summed E-state index contributed by atoms with van der Waals surface area (Å²) in [7, 11) is 0. The van der Waals surface area contributed by atoms with E-state index in [0.29, 0.717) is 16.5 Å². The standard InChI is InChI=1S/C18H18BrClN2O4/c1-11-4-3-5-14(8-11)26-12(2)18(24)22-21-17(23)10-25-16-7-6-13(19)9-15(16)20/h3-9,12H,10H2,1-2H3,(H,21,23)(H,22,24). The van der Waals surface area contributed by atoms with Crippen molar-refractivity contribution in [2.45, 2.75) is 20.0 Å². The van der Waals surface area contributed by atoms with Gasteiger partial charge in [-0.1, -0.05) is 39.7 Å². The van der Waals surface area contributed by atoms with E-state index in [1.807, 2.05) is 25.1 Å². The van der Waals surface area contributed by atoms with Crippen molar-refractivity contribution in [2.75, 3.05) is 6.61 Å². The van der Waals surface area contributed by atoms with Gasteiger partial charge in [-0.2, -0.15) is 0 Å². The summed E-state index contributed by atoms with van der Waals surface area (Å²) in [5, 5.41) is 0.372. The second kappa shape index (κ2) is 9.45. The van der Waals surface area contributed by atoms with Crippen LogP contribution in [0.3, 0.4) is 0 Å². The molecule has 2 amide bonds. The first-order valence-corrected chi connectivity index (χ1v) is 8.92. The Kier molecular flexibility index (Phi) is 7.29. The monoisotopic (exact) mass is 440 g/mol. The molecule has 2 rings (SSSR count). The molecule has 0 saturated heterocycles. The van der Waals surface area contributed by atoms with Crippen LogP contribution in [0.15, 0.2) is 46.9 Å². The first-order chi connectivity index (χ1) is 12.3. The van der Waals surface area contributed by atoms with E-state index >= 15 is 0 Å². The van der Waals surface area contributed by atoms with Crippen LogP contribution in [0, 0.1) is 6.92 Å². The van der Waals surface area contributed by atoms with Crippen molar-refractivity contribution in [3.8, 4) is 11.5 Å². The Hall–Kier alpha value is -2.25. The molecule has 0 aromatic heterocycles. The number of nitrogens with one attached hydrogen (secondary N) is 2. The van der Waals surface area contributed by atoms with Crippen LogP contribution in [0.1, 0.15) is 12.5 Å². The normalized spacial score (nSPS) is 11.4. The summed E-state index contributed by atoms with van der Waals surface area (Å²) in [6.07, 6.45) is -0.779. The third-order valence-corrected chi connectivity index (χ3v) is 4.04. The molecule has 0 bridgehead atoms. The molecule has 0 spiro atoms. The summed E-state index contributed by atoms with van der Waals surface area (Å²) in [4.78, 5) is 23.8. The van der Waals surface area contributed by atoms with E-state index in [0.717, 1.165) is 10.0 Å². The molecule has 6 nitrogen and oxygen atoms in total. The predicted molar refractivity (Wildman–Crippen MR) is 102 cm³/mol. The molecule has 0 heterocycles. The molecule has 26 heavy (non-hydrogen) atoms. The van der Waals surface area contributed by atoms with Gasteiger partial charge in [0.1, 0.15) is 11.5 Å². The number of hydrogen-bond donors (Lipinski definition) is 2. The SMILES string of the molecule is Cc1cccc(OC(C)C(=O)NNC(=O)COc2ccc(Br)cc2Cl)c1. The van der Waals surface area contributed by atoms with Crippen LogP contribution in [-0.4, -0.2) is 24.5 Å². The van der Waals surface area contributed by atoms with Crippen LogP contribution in [-0.2, 0) is 9.59 Å². The first-order valence-electron chi connectivity index (χ1n) is 7.75. The lowest BCUT2D eigenvalue weighted by atomic mass is 10.2. The van der Waals surface area contributed by atoms with Gasteiger partial charge in [-0.05, 0) is 49.7 Å². The third-order valence-electron chi connectivity index (χ3n) is 3.25. The highest BCUT2D eigenvalue weighted by atomic mass is 79.9. The topological polar surface area (TPSA) is 76.7 Å². The van der Waals surface area contributed by atoms with Crippen LogP contribution in [0.5, 0.6) is 11.5 Å². The molecule has 0 fully saturated rings. The summed E-state index contributed by atoms with van der Waals surface area (Å²) in [6.45, 7) is 3.21. The van der Waals surface area contributed by atoms with E-state index in [1.54, 1.807) is 31.2 Å². The first kappa shape index (κ1) is 20.1. The fraction of sp³-hybridized carbons (Fsp3) is 0.222. The summed E-state index contributed by atoms with van der Waals surface area (Å²) >= 11 is 9.28. The van der Waals surface area contributed by atoms with Gasteiger partial charge in [0.15, 0.2) is 12.7 Å². The van der Waals surface area contributed by atoms with Gasteiger partial charge in [0.05, 0.1) is 5.02 Å². The molecular formula is C18H18BrClN2O4. The smallest absolute Gasteiger partial charge is 0.279 e. The molecule has 138 valence electrons. The predicted octanol–water partition coefficient (Wildman–Crippen LogP) is 3.40. The van der Waals surface area contributed by atoms with Crippen LogP contribution >= 0.6 is 27.5 Å². The second-order valence-electron chi connectivity index (χ2n) is 5.48. The number of benzene rings is 2. The van der Waals surface area contributed by atoms with E-state index in [9.17, 15) is 9.59 Å². The number of amides is 2. The summed E-state index contributed by atoms with van der Waals surface area (Å²) < 4.78 is 11.6. The fourth-order valence-corrected chi connectivity index (χ4v) is 2.68. The molecule has 1 atom stereocenters. The Bertz CT molecular complexity index is 801. The number of halogens is 2. The Morgan fingerprint density at radius 1 is 1.19 bits per heavy atom. The van der Waals surface area contributed by atoms with Gasteiger partial charge in [0, 0.05) is 4.47 Å². The molecule has 0 aliphatic carbocycles. The van der Waals surface area contributed by atoms with Gasteiger partial charge in [-0.3, -0.25) is 20.4 Å². The van der Waals surface area contributed by atoms with Crippen LogP contribution in [0.25, 0.3) is 0 Å². The maximum Gasteiger partial charge on any atom is 0.279 e. The fourth-order valence-electron chi connectivity index (χ4n) is 1.95. The number of hydrogen-bond acceptors (Lipinski definition) is 4. The van der Waals surface area contributed by atoms with Gasteiger partial charge < -0.3 is 9.47 Å². The average molecular weight is 442 g/mol. The molecule has 2 aromatic rings. The zero-order valence-corrected chi connectivity index (χ0v) is 16.6.